The van der Waals surface area contributed by atoms with E-state index >= 15 is 0 Å². The Hall–Kier alpha value is -2.35. The number of carbonyl (C=O) groups is 2. The molecule has 8 nitrogen and oxygen atoms in total. The Morgan fingerprint density at radius 3 is 2.58 bits per heavy atom. The van der Waals surface area contributed by atoms with Crippen molar-refractivity contribution in [3.8, 4) is 0 Å². The van der Waals surface area contributed by atoms with Crippen LogP contribution < -0.4 is 15.8 Å². The number of nitrogens with two attached hydrogens (primary N) is 1. The molecule has 1 aromatic rings. The van der Waals surface area contributed by atoms with Crippen LogP contribution in [-0.2, 0) is 4.79 Å². The Labute approximate surface area is 140 Å². The highest BCUT2D eigenvalue weighted by Gasteiger charge is 2.30. The normalized spacial score (nSPS) is 21.0. The van der Waals surface area contributed by atoms with Crippen molar-refractivity contribution in [3.63, 3.8) is 0 Å². The van der Waals surface area contributed by atoms with Gasteiger partial charge in [0.15, 0.2) is 0 Å². The van der Waals surface area contributed by atoms with E-state index in [2.05, 4.69) is 9.88 Å². The van der Waals surface area contributed by atoms with Gasteiger partial charge >= 0.3 is 6.09 Å². The van der Waals surface area contributed by atoms with Gasteiger partial charge in [-0.25, -0.2) is 20.6 Å². The fourth-order valence-corrected chi connectivity index (χ4v) is 3.40. The van der Waals surface area contributed by atoms with Crippen LogP contribution in [0.25, 0.3) is 0 Å². The number of rotatable bonds is 3. The number of likely N-dealkylation sites (tertiary alicyclic amines) is 1. The third-order valence-corrected chi connectivity index (χ3v) is 4.73. The number of aromatic nitrogens is 1. The van der Waals surface area contributed by atoms with E-state index in [1.165, 1.54) is 6.20 Å². The van der Waals surface area contributed by atoms with Gasteiger partial charge in [0.25, 0.3) is 0 Å². The highest BCUT2D eigenvalue weighted by atomic mass is 16.4. The van der Waals surface area contributed by atoms with Gasteiger partial charge in [0.2, 0.25) is 5.91 Å². The van der Waals surface area contributed by atoms with Crippen molar-refractivity contribution >= 4 is 23.5 Å². The van der Waals surface area contributed by atoms with Crippen molar-refractivity contribution in [1.82, 2.24) is 9.88 Å². The number of piperidine rings is 1. The van der Waals surface area contributed by atoms with E-state index in [1.54, 1.807) is 12.1 Å². The molecule has 2 saturated heterocycles. The van der Waals surface area contributed by atoms with Crippen molar-refractivity contribution in [2.75, 3.05) is 36.1 Å². The highest BCUT2D eigenvalue weighted by molar-refractivity contribution is 5.84. The standard InChI is InChI=1S/C16H23N5O3/c17-21(16(23)24)13-5-6-14(18-10-13)20-9-3-4-12(11-20)15(22)19-7-1-2-8-19/h5-6,10,12H,1-4,7-9,11,17H2,(H,23,24). The largest absolute Gasteiger partial charge is 0.464 e. The second-order valence-corrected chi connectivity index (χ2v) is 6.34. The quantitative estimate of drug-likeness (QED) is 0.491. The van der Waals surface area contributed by atoms with Crippen LogP contribution in [-0.4, -0.2) is 53.2 Å². The van der Waals surface area contributed by atoms with Crippen LogP contribution in [0.5, 0.6) is 0 Å². The first-order valence-corrected chi connectivity index (χ1v) is 8.34. The summed E-state index contributed by atoms with van der Waals surface area (Å²) in [6.45, 7) is 3.27. The number of hydrogen-bond donors (Lipinski definition) is 2. The van der Waals surface area contributed by atoms with E-state index in [0.717, 1.165) is 51.1 Å². The number of nitrogens with zero attached hydrogens (tertiary/aromatic N) is 4. The fraction of sp³-hybridized carbons (Fsp3) is 0.562. The van der Waals surface area contributed by atoms with Gasteiger partial charge < -0.3 is 14.9 Å². The summed E-state index contributed by atoms with van der Waals surface area (Å²) in [5, 5.41) is 9.51. The molecule has 2 aliphatic rings. The van der Waals surface area contributed by atoms with Gasteiger partial charge in [0, 0.05) is 26.2 Å². The third-order valence-electron chi connectivity index (χ3n) is 4.73. The van der Waals surface area contributed by atoms with Crippen molar-refractivity contribution in [1.29, 1.82) is 0 Å². The number of pyridine rings is 1. The Morgan fingerprint density at radius 1 is 1.21 bits per heavy atom. The first kappa shape index (κ1) is 16.5. The third kappa shape index (κ3) is 3.43. The number of carboxylic acid groups (broad SMARTS) is 1. The molecule has 130 valence electrons. The molecule has 3 heterocycles. The molecule has 1 atom stereocenters. The minimum absolute atomic E-state index is 0.0170. The molecule has 2 fully saturated rings. The van der Waals surface area contributed by atoms with Crippen LogP contribution in [0.1, 0.15) is 25.7 Å². The lowest BCUT2D eigenvalue weighted by Gasteiger charge is -2.34. The molecule has 0 bridgehead atoms. The summed E-state index contributed by atoms with van der Waals surface area (Å²) < 4.78 is 0. The predicted octanol–water partition coefficient (Wildman–Crippen LogP) is 1.28. The van der Waals surface area contributed by atoms with Crippen LogP contribution in [0.3, 0.4) is 0 Å². The van der Waals surface area contributed by atoms with Gasteiger partial charge in [0.05, 0.1) is 17.8 Å². The minimum atomic E-state index is -1.24. The number of hydrogen-bond acceptors (Lipinski definition) is 5. The molecular weight excluding hydrogens is 310 g/mol. The zero-order valence-electron chi connectivity index (χ0n) is 13.6. The molecule has 0 saturated carbocycles. The Kier molecular flexibility index (Phi) is 4.84. The van der Waals surface area contributed by atoms with E-state index in [-0.39, 0.29) is 11.8 Å². The van der Waals surface area contributed by atoms with Crippen molar-refractivity contribution in [3.05, 3.63) is 18.3 Å². The van der Waals surface area contributed by atoms with Gasteiger partial charge in [-0.15, -0.1) is 0 Å². The number of amides is 2. The second kappa shape index (κ2) is 7.04. The molecule has 2 aliphatic heterocycles. The lowest BCUT2D eigenvalue weighted by Crippen LogP contribution is -2.44. The van der Waals surface area contributed by atoms with Gasteiger partial charge in [-0.05, 0) is 37.8 Å². The van der Waals surface area contributed by atoms with E-state index in [1.807, 2.05) is 4.90 Å². The monoisotopic (exact) mass is 333 g/mol. The van der Waals surface area contributed by atoms with Crippen LogP contribution >= 0.6 is 0 Å². The molecule has 8 heteroatoms. The van der Waals surface area contributed by atoms with Crippen LogP contribution in [0.15, 0.2) is 18.3 Å². The zero-order valence-corrected chi connectivity index (χ0v) is 13.6. The summed E-state index contributed by atoms with van der Waals surface area (Å²) in [6, 6.07) is 3.38. The highest BCUT2D eigenvalue weighted by Crippen LogP contribution is 2.25. The van der Waals surface area contributed by atoms with Crippen LogP contribution in [0.2, 0.25) is 0 Å². The van der Waals surface area contributed by atoms with Crippen LogP contribution in [0, 0.1) is 5.92 Å². The predicted molar refractivity (Wildman–Crippen MR) is 89.7 cm³/mol. The molecule has 2 amide bonds. The zero-order chi connectivity index (χ0) is 17.1. The summed E-state index contributed by atoms with van der Waals surface area (Å²) in [7, 11) is 0. The maximum absolute atomic E-state index is 12.6. The van der Waals surface area contributed by atoms with Gasteiger partial charge in [-0.3, -0.25) is 4.79 Å². The lowest BCUT2D eigenvalue weighted by atomic mass is 9.96. The molecule has 3 rings (SSSR count). The van der Waals surface area contributed by atoms with Gasteiger partial charge in [0.1, 0.15) is 5.82 Å². The molecule has 1 aromatic heterocycles. The Bertz CT molecular complexity index is 600. The first-order chi connectivity index (χ1) is 11.6. The molecule has 0 aliphatic carbocycles. The molecule has 0 aromatic carbocycles. The van der Waals surface area contributed by atoms with Crippen molar-refractivity contribution in [2.24, 2.45) is 11.8 Å². The van der Waals surface area contributed by atoms with E-state index in [4.69, 9.17) is 10.9 Å². The van der Waals surface area contributed by atoms with Crippen molar-refractivity contribution in [2.45, 2.75) is 25.7 Å². The summed E-state index contributed by atoms with van der Waals surface area (Å²) in [4.78, 5) is 31.8. The van der Waals surface area contributed by atoms with E-state index in [0.29, 0.717) is 17.2 Å². The first-order valence-electron chi connectivity index (χ1n) is 8.34. The minimum Gasteiger partial charge on any atom is -0.464 e. The van der Waals surface area contributed by atoms with Gasteiger partial charge in [-0.1, -0.05) is 0 Å². The average Bonchev–Trinajstić information content (AvgIpc) is 3.15. The van der Waals surface area contributed by atoms with E-state index < -0.39 is 6.09 Å². The summed E-state index contributed by atoms with van der Waals surface area (Å²) >= 11 is 0. The topological polar surface area (TPSA) is 103 Å². The number of carbonyl (C=O) groups excluding carboxylic acids is 1. The Morgan fingerprint density at radius 2 is 1.96 bits per heavy atom. The molecular formula is C16H23N5O3. The number of hydrazine groups is 1. The summed E-state index contributed by atoms with van der Waals surface area (Å²) in [5.41, 5.74) is 0.313. The maximum Gasteiger partial charge on any atom is 0.426 e. The summed E-state index contributed by atoms with van der Waals surface area (Å²) in [6.07, 6.45) is 4.27. The van der Waals surface area contributed by atoms with Gasteiger partial charge in [-0.2, -0.15) is 0 Å². The van der Waals surface area contributed by atoms with E-state index in [9.17, 15) is 9.59 Å². The fourth-order valence-electron chi connectivity index (χ4n) is 3.40. The van der Waals surface area contributed by atoms with Crippen molar-refractivity contribution < 1.29 is 14.7 Å². The SMILES string of the molecule is NN(C(=O)O)c1ccc(N2CCCC(C(=O)N3CCCC3)C2)nc1. The molecule has 1 unspecified atom stereocenters. The molecule has 0 spiro atoms. The molecule has 24 heavy (non-hydrogen) atoms. The smallest absolute Gasteiger partial charge is 0.426 e. The molecule has 0 radical (unpaired) electrons. The average molecular weight is 333 g/mol. The van der Waals surface area contributed by atoms with Crippen LogP contribution in [0.4, 0.5) is 16.3 Å². The summed E-state index contributed by atoms with van der Waals surface area (Å²) in [5.74, 6) is 6.45. The lowest BCUT2D eigenvalue weighted by molar-refractivity contribution is -0.134. The number of anilines is 2. The Balaban J connectivity index is 1.66. The maximum atomic E-state index is 12.6. The second-order valence-electron chi connectivity index (χ2n) is 6.34. The molecule has 3 N–H and O–H groups in total.